The molecular weight excluding hydrogens is 228 g/mol. The first-order valence-electron chi connectivity index (χ1n) is 6.24. The van der Waals surface area contributed by atoms with Crippen LogP contribution in [0.15, 0.2) is 12.1 Å². The maximum atomic E-state index is 11.0. The van der Waals surface area contributed by atoms with E-state index in [1.165, 1.54) is 5.56 Å². The summed E-state index contributed by atoms with van der Waals surface area (Å²) >= 11 is 0. The summed E-state index contributed by atoms with van der Waals surface area (Å²) in [6, 6.07) is 3.99. The second-order valence-electron chi connectivity index (χ2n) is 5.22. The van der Waals surface area contributed by atoms with Gasteiger partial charge in [0, 0.05) is 0 Å². The van der Waals surface area contributed by atoms with Crippen molar-refractivity contribution in [2.45, 2.75) is 40.7 Å². The third kappa shape index (κ3) is 2.91. The molecule has 0 fully saturated rings. The zero-order chi connectivity index (χ0) is 14.0. The fourth-order valence-electron chi connectivity index (χ4n) is 2.08. The van der Waals surface area contributed by atoms with E-state index in [0.29, 0.717) is 0 Å². The van der Waals surface area contributed by atoms with Gasteiger partial charge in [-0.2, -0.15) is 0 Å². The number of benzene rings is 1. The van der Waals surface area contributed by atoms with Gasteiger partial charge < -0.3 is 10.2 Å². The van der Waals surface area contributed by atoms with Crippen LogP contribution in [0.4, 0.5) is 0 Å². The van der Waals surface area contributed by atoms with E-state index in [2.05, 4.69) is 0 Å². The van der Waals surface area contributed by atoms with Gasteiger partial charge in [0.2, 0.25) is 0 Å². The Kier molecular flexibility index (Phi) is 4.52. The van der Waals surface area contributed by atoms with Gasteiger partial charge in [-0.05, 0) is 48.9 Å². The molecule has 0 saturated heterocycles. The van der Waals surface area contributed by atoms with Gasteiger partial charge in [-0.15, -0.1) is 0 Å². The predicted molar refractivity (Wildman–Crippen MR) is 71.6 cm³/mol. The van der Waals surface area contributed by atoms with Crippen LogP contribution in [0.3, 0.4) is 0 Å². The molecule has 18 heavy (non-hydrogen) atoms. The molecule has 0 bridgehead atoms. The van der Waals surface area contributed by atoms with Crippen molar-refractivity contribution in [2.24, 2.45) is 11.8 Å². The van der Waals surface area contributed by atoms with Crippen LogP contribution < -0.4 is 0 Å². The van der Waals surface area contributed by atoms with Gasteiger partial charge >= 0.3 is 5.97 Å². The molecule has 2 N–H and O–H groups in total. The van der Waals surface area contributed by atoms with Gasteiger partial charge in [-0.1, -0.05) is 26.0 Å². The maximum absolute atomic E-state index is 11.0. The van der Waals surface area contributed by atoms with Crippen LogP contribution in [-0.2, 0) is 4.79 Å². The Balaban J connectivity index is 3.07. The van der Waals surface area contributed by atoms with Crippen LogP contribution in [0.2, 0.25) is 0 Å². The summed E-state index contributed by atoms with van der Waals surface area (Å²) in [5.74, 6) is -1.76. The van der Waals surface area contributed by atoms with E-state index in [9.17, 15) is 9.90 Å². The number of rotatable bonds is 4. The van der Waals surface area contributed by atoms with Crippen molar-refractivity contribution < 1.29 is 15.0 Å². The van der Waals surface area contributed by atoms with E-state index in [1.54, 1.807) is 13.8 Å². The number of aliphatic hydroxyl groups is 1. The molecule has 0 heterocycles. The van der Waals surface area contributed by atoms with Crippen LogP contribution in [-0.4, -0.2) is 16.2 Å². The maximum Gasteiger partial charge on any atom is 0.306 e. The summed E-state index contributed by atoms with van der Waals surface area (Å²) in [4.78, 5) is 11.0. The fourth-order valence-corrected chi connectivity index (χ4v) is 2.08. The third-order valence-electron chi connectivity index (χ3n) is 3.88. The largest absolute Gasteiger partial charge is 0.481 e. The van der Waals surface area contributed by atoms with Crippen molar-refractivity contribution in [1.29, 1.82) is 0 Å². The molecule has 0 radical (unpaired) electrons. The highest BCUT2D eigenvalue weighted by atomic mass is 16.4. The van der Waals surface area contributed by atoms with E-state index >= 15 is 0 Å². The van der Waals surface area contributed by atoms with Crippen molar-refractivity contribution in [3.8, 4) is 0 Å². The van der Waals surface area contributed by atoms with Crippen LogP contribution in [0.5, 0.6) is 0 Å². The summed E-state index contributed by atoms with van der Waals surface area (Å²) in [5, 5.41) is 19.3. The summed E-state index contributed by atoms with van der Waals surface area (Å²) in [6.45, 7) is 9.38. The van der Waals surface area contributed by atoms with E-state index in [0.717, 1.165) is 16.7 Å². The molecular formula is C15H22O3. The van der Waals surface area contributed by atoms with Crippen molar-refractivity contribution >= 4 is 5.97 Å². The number of aryl methyl sites for hydroxylation is 3. The van der Waals surface area contributed by atoms with Gasteiger partial charge in [0.15, 0.2) is 0 Å². The number of aliphatic carboxylic acids is 1. The summed E-state index contributed by atoms with van der Waals surface area (Å²) in [7, 11) is 0. The molecule has 0 amide bonds. The molecule has 0 aromatic heterocycles. The molecule has 3 atom stereocenters. The number of carbonyl (C=O) groups is 1. The third-order valence-corrected chi connectivity index (χ3v) is 3.88. The van der Waals surface area contributed by atoms with E-state index in [-0.39, 0.29) is 5.92 Å². The van der Waals surface area contributed by atoms with Gasteiger partial charge in [-0.25, -0.2) is 0 Å². The van der Waals surface area contributed by atoms with Crippen molar-refractivity contribution in [1.82, 2.24) is 0 Å². The van der Waals surface area contributed by atoms with Crippen molar-refractivity contribution in [3.63, 3.8) is 0 Å². The molecule has 0 spiro atoms. The summed E-state index contributed by atoms with van der Waals surface area (Å²) < 4.78 is 0. The van der Waals surface area contributed by atoms with Crippen LogP contribution in [0.1, 0.15) is 42.2 Å². The molecule has 3 unspecified atom stereocenters. The summed E-state index contributed by atoms with van der Waals surface area (Å²) in [6.07, 6.45) is -0.740. The number of hydrogen-bond donors (Lipinski definition) is 2. The highest BCUT2D eigenvalue weighted by Crippen LogP contribution is 2.31. The smallest absolute Gasteiger partial charge is 0.306 e. The Bertz CT molecular complexity index is 451. The Labute approximate surface area is 108 Å². The second-order valence-corrected chi connectivity index (χ2v) is 5.22. The number of carboxylic acid groups (broad SMARTS) is 1. The highest BCUT2D eigenvalue weighted by Gasteiger charge is 2.28. The lowest BCUT2D eigenvalue weighted by molar-refractivity contribution is -0.144. The molecule has 100 valence electrons. The van der Waals surface area contributed by atoms with E-state index < -0.39 is 18.0 Å². The minimum absolute atomic E-state index is 0.316. The number of aliphatic hydroxyl groups excluding tert-OH is 1. The average Bonchev–Trinajstić information content (AvgIpc) is 2.30. The molecule has 3 heteroatoms. The minimum Gasteiger partial charge on any atom is -0.481 e. The molecule has 0 saturated carbocycles. The molecule has 1 aromatic rings. The Hall–Kier alpha value is -1.35. The SMILES string of the molecule is Cc1cc(C)c(C(O)C(C)C(C)C(=O)O)cc1C. The second kappa shape index (κ2) is 5.53. The molecule has 1 aromatic carbocycles. The van der Waals surface area contributed by atoms with Crippen LogP contribution in [0, 0.1) is 32.6 Å². The fraction of sp³-hybridized carbons (Fsp3) is 0.533. The van der Waals surface area contributed by atoms with E-state index in [1.807, 2.05) is 32.9 Å². The van der Waals surface area contributed by atoms with Crippen molar-refractivity contribution in [2.75, 3.05) is 0 Å². The lowest BCUT2D eigenvalue weighted by atomic mass is 9.84. The lowest BCUT2D eigenvalue weighted by Crippen LogP contribution is -2.24. The molecule has 0 aliphatic carbocycles. The Morgan fingerprint density at radius 2 is 1.56 bits per heavy atom. The number of hydrogen-bond acceptors (Lipinski definition) is 2. The molecule has 0 aliphatic rings. The summed E-state index contributed by atoms with van der Waals surface area (Å²) in [5.41, 5.74) is 4.14. The monoisotopic (exact) mass is 250 g/mol. The zero-order valence-electron chi connectivity index (χ0n) is 11.7. The Morgan fingerprint density at radius 3 is 2.06 bits per heavy atom. The first-order valence-corrected chi connectivity index (χ1v) is 6.24. The first-order chi connectivity index (χ1) is 8.25. The van der Waals surface area contributed by atoms with Crippen LogP contribution >= 0.6 is 0 Å². The predicted octanol–water partition coefficient (Wildman–Crippen LogP) is 3.00. The normalized spacial score (nSPS) is 16.1. The van der Waals surface area contributed by atoms with Gasteiger partial charge in [0.1, 0.15) is 0 Å². The van der Waals surface area contributed by atoms with E-state index in [4.69, 9.17) is 5.11 Å². The standard InChI is InChI=1S/C15H22O3/c1-8-6-10(3)13(7-9(8)2)14(16)11(4)12(5)15(17)18/h6-7,11-12,14,16H,1-5H3,(H,17,18). The molecule has 1 rings (SSSR count). The molecule has 0 aliphatic heterocycles. The van der Waals surface area contributed by atoms with Gasteiger partial charge in [0.05, 0.1) is 12.0 Å². The number of carboxylic acids is 1. The van der Waals surface area contributed by atoms with Crippen LogP contribution in [0.25, 0.3) is 0 Å². The van der Waals surface area contributed by atoms with Gasteiger partial charge in [-0.3, -0.25) is 4.79 Å². The average molecular weight is 250 g/mol. The molecule has 3 nitrogen and oxygen atoms in total. The van der Waals surface area contributed by atoms with Crippen molar-refractivity contribution in [3.05, 3.63) is 34.4 Å². The highest BCUT2D eigenvalue weighted by molar-refractivity contribution is 5.70. The lowest BCUT2D eigenvalue weighted by Gasteiger charge is -2.24. The topological polar surface area (TPSA) is 57.5 Å². The van der Waals surface area contributed by atoms with Gasteiger partial charge in [0.25, 0.3) is 0 Å². The Morgan fingerprint density at radius 1 is 1.06 bits per heavy atom. The minimum atomic E-state index is -0.872. The first kappa shape index (κ1) is 14.7. The quantitative estimate of drug-likeness (QED) is 0.863. The zero-order valence-corrected chi connectivity index (χ0v) is 11.7.